The number of carbonyl (C=O) groups is 1. The van der Waals surface area contributed by atoms with Crippen LogP contribution in [0.2, 0.25) is 0 Å². The number of thiazole rings is 1. The maximum Gasteiger partial charge on any atom is 0.340 e. The fraction of sp³-hybridized carbons (Fsp3) is 0.304. The smallest absolute Gasteiger partial charge is 0.340 e. The largest absolute Gasteiger partial charge is 0.506 e. The van der Waals surface area contributed by atoms with Crippen molar-refractivity contribution in [1.29, 1.82) is 0 Å². The Morgan fingerprint density at radius 1 is 1.34 bits per heavy atom. The first-order chi connectivity index (χ1) is 15.3. The van der Waals surface area contributed by atoms with Gasteiger partial charge in [0.05, 0.1) is 32.4 Å². The fourth-order valence-corrected chi connectivity index (χ4v) is 6.38. The maximum absolute atomic E-state index is 13.1. The van der Waals surface area contributed by atoms with Gasteiger partial charge in [-0.3, -0.25) is 0 Å². The Bertz CT molecular complexity index is 1280. The monoisotopic (exact) mass is 533 g/mol. The first kappa shape index (κ1) is 23.1. The molecule has 2 aromatic carbocycles. The minimum atomic E-state index is -0.375. The Morgan fingerprint density at radius 2 is 2.09 bits per heavy atom. The highest BCUT2D eigenvalue weighted by Gasteiger charge is 2.27. The van der Waals surface area contributed by atoms with Gasteiger partial charge in [0.25, 0.3) is 0 Å². The van der Waals surface area contributed by atoms with E-state index in [-0.39, 0.29) is 18.3 Å². The molecule has 1 N–H and O–H groups in total. The number of aromatic nitrogens is 2. The van der Waals surface area contributed by atoms with Gasteiger partial charge in [0, 0.05) is 36.0 Å². The van der Waals surface area contributed by atoms with Crippen molar-refractivity contribution in [2.75, 3.05) is 20.7 Å². The molecule has 0 fully saturated rings. The number of para-hydroxylation sites is 1. The summed E-state index contributed by atoms with van der Waals surface area (Å²) in [6.45, 7) is 2.57. The zero-order chi connectivity index (χ0) is 23.0. The summed E-state index contributed by atoms with van der Waals surface area (Å²) in [5, 5.41) is 11.6. The Hall–Kier alpha value is -2.07. The van der Waals surface area contributed by atoms with Gasteiger partial charge in [0.2, 0.25) is 0 Å². The second kappa shape index (κ2) is 9.43. The third kappa shape index (κ3) is 4.26. The standard InChI is InChI=1S/C23H24BrN3O3S2/c1-5-30-22(29)20-17(12-31-23-25-15-8-6-7-9-18(15)32-23)27(4)16-10-14(24)21(28)13(19(16)20)11-26(2)3/h6-10,28H,5,11-12H2,1-4H3. The lowest BCUT2D eigenvalue weighted by Crippen LogP contribution is -2.13. The van der Waals surface area contributed by atoms with E-state index in [9.17, 15) is 9.90 Å². The average Bonchev–Trinajstić information content (AvgIpc) is 3.28. The Morgan fingerprint density at radius 3 is 2.78 bits per heavy atom. The van der Waals surface area contributed by atoms with Gasteiger partial charge in [-0.05, 0) is 55.1 Å². The Balaban J connectivity index is 1.85. The van der Waals surface area contributed by atoms with E-state index in [1.807, 2.05) is 54.9 Å². The first-order valence-electron chi connectivity index (χ1n) is 10.1. The minimum absolute atomic E-state index is 0.146. The molecule has 32 heavy (non-hydrogen) atoms. The van der Waals surface area contributed by atoms with Crippen molar-refractivity contribution in [2.24, 2.45) is 7.05 Å². The van der Waals surface area contributed by atoms with Crippen molar-refractivity contribution in [2.45, 2.75) is 23.6 Å². The summed E-state index contributed by atoms with van der Waals surface area (Å²) >= 11 is 6.72. The molecule has 9 heteroatoms. The van der Waals surface area contributed by atoms with Gasteiger partial charge in [-0.2, -0.15) is 0 Å². The van der Waals surface area contributed by atoms with Crippen LogP contribution in [0, 0.1) is 0 Å². The van der Waals surface area contributed by atoms with E-state index in [1.54, 1.807) is 30.0 Å². The van der Waals surface area contributed by atoms with E-state index in [0.29, 0.717) is 27.9 Å². The predicted molar refractivity (Wildman–Crippen MR) is 135 cm³/mol. The lowest BCUT2D eigenvalue weighted by molar-refractivity contribution is 0.0527. The number of hydrogen-bond donors (Lipinski definition) is 1. The topological polar surface area (TPSA) is 67.6 Å². The van der Waals surface area contributed by atoms with Crippen molar-refractivity contribution >= 4 is 66.1 Å². The summed E-state index contributed by atoms with van der Waals surface area (Å²) in [5.74, 6) is 0.325. The fourth-order valence-electron chi connectivity index (χ4n) is 3.78. The molecule has 4 rings (SSSR count). The van der Waals surface area contributed by atoms with Gasteiger partial charge < -0.3 is 19.3 Å². The lowest BCUT2D eigenvalue weighted by atomic mass is 10.0. The van der Waals surface area contributed by atoms with Crippen LogP contribution in [0.1, 0.15) is 28.5 Å². The van der Waals surface area contributed by atoms with Crippen LogP contribution in [0.5, 0.6) is 5.75 Å². The summed E-state index contributed by atoms with van der Waals surface area (Å²) in [4.78, 5) is 19.8. The SMILES string of the molecule is CCOC(=O)c1c(CSc2nc3ccccc3s2)n(C)c2cc(Br)c(O)c(CN(C)C)c12. The van der Waals surface area contributed by atoms with Crippen LogP contribution in [0.3, 0.4) is 0 Å². The Labute approximate surface area is 203 Å². The average molecular weight is 535 g/mol. The van der Waals surface area contributed by atoms with Crippen molar-refractivity contribution in [3.8, 4) is 5.75 Å². The van der Waals surface area contributed by atoms with Crippen LogP contribution in [0.25, 0.3) is 21.1 Å². The molecule has 0 saturated carbocycles. The third-order valence-electron chi connectivity index (χ3n) is 5.20. The molecule has 2 heterocycles. The number of carbonyl (C=O) groups excluding carboxylic acids is 1. The molecule has 0 radical (unpaired) electrons. The molecular formula is C23H24BrN3O3S2. The quantitative estimate of drug-likeness (QED) is 0.239. The number of benzene rings is 2. The van der Waals surface area contributed by atoms with E-state index in [1.165, 1.54) is 0 Å². The van der Waals surface area contributed by atoms with E-state index < -0.39 is 0 Å². The maximum atomic E-state index is 13.1. The predicted octanol–water partition coefficient (Wildman–Crippen LogP) is 5.79. The number of phenolic OH excluding ortho intramolecular Hbond substituents is 1. The molecule has 2 aromatic heterocycles. The molecule has 0 aliphatic rings. The number of esters is 1. The number of thioether (sulfide) groups is 1. The minimum Gasteiger partial charge on any atom is -0.506 e. The van der Waals surface area contributed by atoms with Crippen LogP contribution in [-0.2, 0) is 24.1 Å². The number of hydrogen-bond acceptors (Lipinski definition) is 7. The number of fused-ring (bicyclic) bond motifs is 2. The van der Waals surface area contributed by atoms with Crippen LogP contribution in [0.4, 0.5) is 0 Å². The number of phenols is 1. The van der Waals surface area contributed by atoms with Crippen molar-refractivity contribution in [1.82, 2.24) is 14.5 Å². The molecule has 168 valence electrons. The zero-order valence-corrected chi connectivity index (χ0v) is 21.5. The molecule has 4 aromatic rings. The van der Waals surface area contributed by atoms with E-state index in [4.69, 9.17) is 9.72 Å². The van der Waals surface area contributed by atoms with Crippen molar-refractivity contribution in [3.05, 3.63) is 51.6 Å². The van der Waals surface area contributed by atoms with E-state index in [2.05, 4.69) is 22.0 Å². The molecule has 0 aliphatic carbocycles. The number of aromatic hydroxyl groups is 1. The normalized spacial score (nSPS) is 11.7. The highest BCUT2D eigenvalue weighted by molar-refractivity contribution is 9.10. The number of halogens is 1. The number of ether oxygens (including phenoxy) is 1. The summed E-state index contributed by atoms with van der Waals surface area (Å²) in [6.07, 6.45) is 0. The van der Waals surface area contributed by atoms with Gasteiger partial charge in [0.1, 0.15) is 5.75 Å². The zero-order valence-electron chi connectivity index (χ0n) is 18.3. The molecular weight excluding hydrogens is 510 g/mol. The van der Waals surface area contributed by atoms with E-state index in [0.717, 1.165) is 31.2 Å². The summed E-state index contributed by atoms with van der Waals surface area (Å²) in [6, 6.07) is 9.92. The van der Waals surface area contributed by atoms with Crippen molar-refractivity contribution < 1.29 is 14.6 Å². The van der Waals surface area contributed by atoms with Gasteiger partial charge in [-0.1, -0.05) is 23.9 Å². The highest BCUT2D eigenvalue weighted by Crippen LogP contribution is 2.41. The van der Waals surface area contributed by atoms with Gasteiger partial charge in [0.15, 0.2) is 4.34 Å². The summed E-state index contributed by atoms with van der Waals surface area (Å²) < 4.78 is 10.1. The second-order valence-corrected chi connectivity index (χ2v) is 10.8. The molecule has 0 amide bonds. The summed E-state index contributed by atoms with van der Waals surface area (Å²) in [5.41, 5.74) is 3.91. The summed E-state index contributed by atoms with van der Waals surface area (Å²) in [7, 11) is 5.81. The molecule has 0 spiro atoms. The third-order valence-corrected chi connectivity index (χ3v) is 7.99. The molecule has 0 aliphatic heterocycles. The molecule has 0 atom stereocenters. The lowest BCUT2D eigenvalue weighted by Gasteiger charge is -2.15. The van der Waals surface area contributed by atoms with Crippen LogP contribution < -0.4 is 0 Å². The first-order valence-corrected chi connectivity index (χ1v) is 12.7. The van der Waals surface area contributed by atoms with Crippen LogP contribution >= 0.6 is 39.0 Å². The molecule has 0 bridgehead atoms. The van der Waals surface area contributed by atoms with Gasteiger partial charge in [-0.15, -0.1) is 11.3 Å². The second-order valence-electron chi connectivity index (χ2n) is 7.65. The number of nitrogens with zero attached hydrogens (tertiary/aromatic N) is 3. The Kier molecular flexibility index (Phi) is 6.80. The van der Waals surface area contributed by atoms with E-state index >= 15 is 0 Å². The highest BCUT2D eigenvalue weighted by atomic mass is 79.9. The van der Waals surface area contributed by atoms with Crippen LogP contribution in [-0.4, -0.2) is 46.2 Å². The molecule has 6 nitrogen and oxygen atoms in total. The number of rotatable bonds is 7. The van der Waals surface area contributed by atoms with Gasteiger partial charge in [-0.25, -0.2) is 9.78 Å². The van der Waals surface area contributed by atoms with Crippen molar-refractivity contribution in [3.63, 3.8) is 0 Å². The molecule has 0 saturated heterocycles. The number of aryl methyl sites for hydroxylation is 1. The molecule has 0 unspecified atom stereocenters. The van der Waals surface area contributed by atoms with Gasteiger partial charge >= 0.3 is 5.97 Å². The van der Waals surface area contributed by atoms with Crippen LogP contribution in [0.15, 0.2) is 39.1 Å².